The number of benzene rings is 2. The van der Waals surface area contributed by atoms with Crippen LogP contribution in [0.25, 0.3) is 0 Å². The normalized spacial score (nSPS) is 11.1. The van der Waals surface area contributed by atoms with Crippen molar-refractivity contribution in [2.75, 3.05) is 25.0 Å². The zero-order valence-electron chi connectivity index (χ0n) is 15.9. The molecule has 1 amide bonds. The summed E-state index contributed by atoms with van der Waals surface area (Å²) in [7, 11) is -3.80. The SMILES string of the molecule is CCOc1ccc(S(=O)(=O)N(CC)CC(=O)Nc2ccc(CC#N)cc2)cc1. The maximum atomic E-state index is 12.8. The van der Waals surface area contributed by atoms with Gasteiger partial charge in [-0.1, -0.05) is 19.1 Å². The van der Waals surface area contributed by atoms with Crippen molar-refractivity contribution in [2.24, 2.45) is 0 Å². The van der Waals surface area contributed by atoms with Gasteiger partial charge in [0.25, 0.3) is 0 Å². The summed E-state index contributed by atoms with van der Waals surface area (Å²) in [6.07, 6.45) is 0.290. The molecule has 2 aromatic rings. The molecule has 0 fully saturated rings. The maximum Gasteiger partial charge on any atom is 0.243 e. The summed E-state index contributed by atoms with van der Waals surface area (Å²) in [6, 6.07) is 15.0. The molecule has 2 aromatic carbocycles. The van der Waals surface area contributed by atoms with E-state index in [0.29, 0.717) is 18.0 Å². The predicted molar refractivity (Wildman–Crippen MR) is 106 cm³/mol. The molecule has 28 heavy (non-hydrogen) atoms. The molecule has 0 saturated heterocycles. The highest BCUT2D eigenvalue weighted by molar-refractivity contribution is 7.89. The zero-order chi connectivity index (χ0) is 20.6. The lowest BCUT2D eigenvalue weighted by molar-refractivity contribution is -0.116. The smallest absolute Gasteiger partial charge is 0.243 e. The van der Waals surface area contributed by atoms with Crippen molar-refractivity contribution in [1.29, 1.82) is 5.26 Å². The molecule has 0 bridgehead atoms. The first kappa shape index (κ1) is 21.4. The van der Waals surface area contributed by atoms with Gasteiger partial charge in [-0.05, 0) is 48.9 Å². The van der Waals surface area contributed by atoms with E-state index < -0.39 is 15.9 Å². The Kier molecular flexibility index (Phi) is 7.55. The molecule has 1 N–H and O–H groups in total. The number of amides is 1. The van der Waals surface area contributed by atoms with Crippen LogP contribution in [-0.2, 0) is 21.2 Å². The van der Waals surface area contributed by atoms with Crippen LogP contribution in [0.15, 0.2) is 53.4 Å². The van der Waals surface area contributed by atoms with E-state index in [-0.39, 0.29) is 24.4 Å². The third kappa shape index (κ3) is 5.55. The van der Waals surface area contributed by atoms with Gasteiger partial charge in [0.05, 0.1) is 30.5 Å². The minimum atomic E-state index is -3.80. The monoisotopic (exact) mass is 401 g/mol. The Hall–Kier alpha value is -2.89. The predicted octanol–water partition coefficient (Wildman–Crippen LogP) is 2.80. The van der Waals surface area contributed by atoms with Crippen LogP contribution < -0.4 is 10.1 Å². The molecule has 0 aliphatic rings. The lowest BCUT2D eigenvalue weighted by Crippen LogP contribution is -2.37. The molecule has 7 nitrogen and oxygen atoms in total. The number of nitrogens with one attached hydrogen (secondary N) is 1. The van der Waals surface area contributed by atoms with Crippen LogP contribution in [0.2, 0.25) is 0 Å². The number of nitrogens with zero attached hydrogens (tertiary/aromatic N) is 2. The van der Waals surface area contributed by atoms with E-state index in [1.54, 1.807) is 43.3 Å². The van der Waals surface area contributed by atoms with Gasteiger partial charge in [-0.25, -0.2) is 8.42 Å². The summed E-state index contributed by atoms with van der Waals surface area (Å²) in [5.41, 5.74) is 1.38. The standard InChI is InChI=1S/C20H23N3O4S/c1-3-23(28(25,26)19-11-9-18(10-12-19)27-4-2)15-20(24)22-17-7-5-16(6-8-17)13-14-21/h5-12H,3-4,13,15H2,1-2H3,(H,22,24). The highest BCUT2D eigenvalue weighted by Gasteiger charge is 2.25. The van der Waals surface area contributed by atoms with Gasteiger partial charge < -0.3 is 10.1 Å². The Morgan fingerprint density at radius 3 is 2.29 bits per heavy atom. The highest BCUT2D eigenvalue weighted by Crippen LogP contribution is 2.20. The quantitative estimate of drug-likeness (QED) is 0.696. The first-order valence-electron chi connectivity index (χ1n) is 8.89. The summed E-state index contributed by atoms with van der Waals surface area (Å²) >= 11 is 0. The second-order valence-corrected chi connectivity index (χ2v) is 7.85. The largest absolute Gasteiger partial charge is 0.494 e. The van der Waals surface area contributed by atoms with Gasteiger partial charge in [-0.15, -0.1) is 0 Å². The number of ether oxygens (including phenoxy) is 1. The van der Waals surface area contributed by atoms with Crippen LogP contribution in [-0.4, -0.2) is 38.3 Å². The van der Waals surface area contributed by atoms with Crippen molar-refractivity contribution in [3.8, 4) is 11.8 Å². The maximum absolute atomic E-state index is 12.8. The fourth-order valence-corrected chi connectivity index (χ4v) is 3.95. The third-order valence-electron chi connectivity index (χ3n) is 3.97. The average molecular weight is 401 g/mol. The Balaban J connectivity index is 2.06. The fraction of sp³-hybridized carbons (Fsp3) is 0.300. The highest BCUT2D eigenvalue weighted by atomic mass is 32.2. The first-order valence-corrected chi connectivity index (χ1v) is 10.3. The van der Waals surface area contributed by atoms with E-state index in [9.17, 15) is 13.2 Å². The molecule has 0 radical (unpaired) electrons. The topological polar surface area (TPSA) is 99.5 Å². The number of carbonyl (C=O) groups excluding carboxylic acids is 1. The molecular formula is C20H23N3O4S. The Bertz CT molecular complexity index is 933. The van der Waals surface area contributed by atoms with Crippen molar-refractivity contribution in [3.63, 3.8) is 0 Å². The Morgan fingerprint density at radius 1 is 1.11 bits per heavy atom. The third-order valence-corrected chi connectivity index (χ3v) is 5.90. The molecular weight excluding hydrogens is 378 g/mol. The first-order chi connectivity index (χ1) is 13.4. The minimum Gasteiger partial charge on any atom is -0.494 e. The lowest BCUT2D eigenvalue weighted by Gasteiger charge is -2.20. The summed E-state index contributed by atoms with van der Waals surface area (Å²) in [5.74, 6) is 0.145. The summed E-state index contributed by atoms with van der Waals surface area (Å²) < 4.78 is 32.1. The summed E-state index contributed by atoms with van der Waals surface area (Å²) in [4.78, 5) is 12.4. The molecule has 0 unspecified atom stereocenters. The lowest BCUT2D eigenvalue weighted by atomic mass is 10.1. The van der Waals surface area contributed by atoms with Gasteiger partial charge in [-0.3, -0.25) is 4.79 Å². The van der Waals surface area contributed by atoms with Gasteiger partial charge >= 0.3 is 0 Å². The number of sulfonamides is 1. The van der Waals surface area contributed by atoms with Crippen LogP contribution in [0.4, 0.5) is 5.69 Å². The second kappa shape index (κ2) is 9.88. The van der Waals surface area contributed by atoms with Crippen molar-refractivity contribution in [3.05, 3.63) is 54.1 Å². The van der Waals surface area contributed by atoms with Gasteiger partial charge in [0.15, 0.2) is 0 Å². The summed E-state index contributed by atoms with van der Waals surface area (Å²) in [5, 5.41) is 11.4. The molecule has 0 spiro atoms. The van der Waals surface area contributed by atoms with E-state index in [1.165, 1.54) is 12.1 Å². The van der Waals surface area contributed by atoms with Crippen molar-refractivity contribution < 1.29 is 17.9 Å². The van der Waals surface area contributed by atoms with Crippen LogP contribution >= 0.6 is 0 Å². The number of rotatable bonds is 9. The number of hydrogen-bond acceptors (Lipinski definition) is 5. The number of carbonyl (C=O) groups is 1. The van der Waals surface area contributed by atoms with Crippen molar-refractivity contribution in [2.45, 2.75) is 25.2 Å². The van der Waals surface area contributed by atoms with Gasteiger partial charge in [0.2, 0.25) is 15.9 Å². The number of hydrogen-bond donors (Lipinski definition) is 1. The average Bonchev–Trinajstić information content (AvgIpc) is 2.68. The zero-order valence-corrected chi connectivity index (χ0v) is 16.7. The fourth-order valence-electron chi connectivity index (χ4n) is 2.55. The Labute approximate surface area is 165 Å². The number of nitriles is 1. The number of anilines is 1. The Morgan fingerprint density at radius 2 is 1.75 bits per heavy atom. The molecule has 0 atom stereocenters. The van der Waals surface area contributed by atoms with Crippen LogP contribution in [0, 0.1) is 11.3 Å². The van der Waals surface area contributed by atoms with Crippen molar-refractivity contribution in [1.82, 2.24) is 4.31 Å². The molecule has 2 rings (SSSR count). The number of likely N-dealkylation sites (N-methyl/N-ethyl adjacent to an activating group) is 1. The van der Waals surface area contributed by atoms with Crippen LogP contribution in [0.1, 0.15) is 19.4 Å². The minimum absolute atomic E-state index is 0.103. The second-order valence-electron chi connectivity index (χ2n) is 5.92. The molecule has 0 aromatic heterocycles. The molecule has 0 aliphatic heterocycles. The van der Waals surface area contributed by atoms with E-state index in [4.69, 9.17) is 10.00 Å². The molecule has 148 valence electrons. The van der Waals surface area contributed by atoms with Gasteiger partial charge in [0, 0.05) is 12.2 Å². The van der Waals surface area contributed by atoms with E-state index in [1.807, 2.05) is 6.92 Å². The van der Waals surface area contributed by atoms with Crippen molar-refractivity contribution >= 4 is 21.6 Å². The van der Waals surface area contributed by atoms with E-state index in [0.717, 1.165) is 9.87 Å². The van der Waals surface area contributed by atoms with E-state index in [2.05, 4.69) is 11.4 Å². The van der Waals surface area contributed by atoms with Crippen LogP contribution in [0.5, 0.6) is 5.75 Å². The molecule has 0 aliphatic carbocycles. The van der Waals surface area contributed by atoms with Gasteiger partial charge in [-0.2, -0.15) is 9.57 Å². The molecule has 8 heteroatoms. The molecule has 0 heterocycles. The van der Waals surface area contributed by atoms with Gasteiger partial charge in [0.1, 0.15) is 5.75 Å². The van der Waals surface area contributed by atoms with E-state index >= 15 is 0 Å². The van der Waals surface area contributed by atoms with Crippen LogP contribution in [0.3, 0.4) is 0 Å². The summed E-state index contributed by atoms with van der Waals surface area (Å²) in [6.45, 7) is 3.87. The molecule has 0 saturated carbocycles.